The fourth-order valence-electron chi connectivity index (χ4n) is 2.30. The first-order valence-corrected chi connectivity index (χ1v) is 6.17. The van der Waals surface area contributed by atoms with Crippen LogP contribution in [0.1, 0.15) is 51.4 Å². The van der Waals surface area contributed by atoms with E-state index in [1.165, 1.54) is 12.8 Å². The molecule has 1 aliphatic carbocycles. The minimum Gasteiger partial charge on any atom is -0.349 e. The van der Waals surface area contributed by atoms with E-state index in [-0.39, 0.29) is 11.4 Å². The lowest BCUT2D eigenvalue weighted by molar-refractivity contribution is -0.123. The van der Waals surface area contributed by atoms with Gasteiger partial charge in [0.2, 0.25) is 5.91 Å². The SMILES string of the molecule is C#CCCCCC(=O)NC1(CN)CCCC1. The van der Waals surface area contributed by atoms with Crippen molar-refractivity contribution in [2.24, 2.45) is 5.73 Å². The van der Waals surface area contributed by atoms with Gasteiger partial charge in [-0.1, -0.05) is 12.8 Å². The van der Waals surface area contributed by atoms with E-state index in [9.17, 15) is 4.79 Å². The Morgan fingerprint density at radius 2 is 2.06 bits per heavy atom. The predicted molar refractivity (Wildman–Crippen MR) is 65.7 cm³/mol. The molecule has 1 fully saturated rings. The molecule has 3 heteroatoms. The molecule has 0 bridgehead atoms. The molecule has 0 heterocycles. The molecule has 0 aromatic heterocycles. The van der Waals surface area contributed by atoms with E-state index in [0.717, 1.165) is 32.1 Å². The number of terminal acetylenes is 1. The molecular formula is C13H22N2O. The second kappa shape index (κ2) is 6.55. The molecule has 0 unspecified atom stereocenters. The minimum absolute atomic E-state index is 0.108. The maximum absolute atomic E-state index is 11.7. The van der Waals surface area contributed by atoms with Crippen LogP contribution in [0.4, 0.5) is 0 Å². The van der Waals surface area contributed by atoms with Gasteiger partial charge in [-0.2, -0.15) is 0 Å². The first kappa shape index (κ1) is 13.1. The van der Waals surface area contributed by atoms with Gasteiger partial charge in [-0.3, -0.25) is 4.79 Å². The normalized spacial score (nSPS) is 18.0. The number of rotatable bonds is 6. The van der Waals surface area contributed by atoms with Crippen molar-refractivity contribution in [2.45, 2.75) is 56.9 Å². The number of amides is 1. The average molecular weight is 222 g/mol. The Labute approximate surface area is 98.2 Å². The monoisotopic (exact) mass is 222 g/mol. The Balaban J connectivity index is 2.24. The number of hydrogen-bond acceptors (Lipinski definition) is 2. The van der Waals surface area contributed by atoms with Crippen LogP contribution >= 0.6 is 0 Å². The van der Waals surface area contributed by atoms with Crippen molar-refractivity contribution in [3.63, 3.8) is 0 Å². The van der Waals surface area contributed by atoms with Gasteiger partial charge < -0.3 is 11.1 Å². The van der Waals surface area contributed by atoms with E-state index in [2.05, 4.69) is 11.2 Å². The van der Waals surface area contributed by atoms with Gasteiger partial charge in [0, 0.05) is 19.4 Å². The molecule has 16 heavy (non-hydrogen) atoms. The molecule has 0 aromatic carbocycles. The first-order chi connectivity index (χ1) is 7.72. The van der Waals surface area contributed by atoms with Crippen LogP contribution in [0, 0.1) is 12.3 Å². The van der Waals surface area contributed by atoms with Crippen molar-refractivity contribution in [2.75, 3.05) is 6.54 Å². The quantitative estimate of drug-likeness (QED) is 0.529. The van der Waals surface area contributed by atoms with E-state index in [1.807, 2.05) is 0 Å². The number of carbonyl (C=O) groups excluding carboxylic acids is 1. The molecule has 1 aliphatic rings. The molecule has 0 saturated heterocycles. The summed E-state index contributed by atoms with van der Waals surface area (Å²) in [7, 11) is 0. The van der Waals surface area contributed by atoms with E-state index in [0.29, 0.717) is 13.0 Å². The predicted octanol–water partition coefficient (Wildman–Crippen LogP) is 1.57. The van der Waals surface area contributed by atoms with Crippen LogP contribution in [0.25, 0.3) is 0 Å². The maximum atomic E-state index is 11.7. The van der Waals surface area contributed by atoms with Gasteiger partial charge in [-0.25, -0.2) is 0 Å². The summed E-state index contributed by atoms with van der Waals surface area (Å²) in [6, 6.07) is 0. The molecule has 0 spiro atoms. The summed E-state index contributed by atoms with van der Waals surface area (Å²) in [5, 5.41) is 3.10. The summed E-state index contributed by atoms with van der Waals surface area (Å²) in [6.45, 7) is 0.559. The highest BCUT2D eigenvalue weighted by Gasteiger charge is 2.33. The third-order valence-electron chi connectivity index (χ3n) is 3.33. The Bertz CT molecular complexity index is 262. The van der Waals surface area contributed by atoms with Crippen LogP contribution < -0.4 is 11.1 Å². The number of hydrogen-bond donors (Lipinski definition) is 2. The van der Waals surface area contributed by atoms with E-state index < -0.39 is 0 Å². The second-order valence-electron chi connectivity index (χ2n) is 4.65. The lowest BCUT2D eigenvalue weighted by Gasteiger charge is -2.28. The van der Waals surface area contributed by atoms with Gasteiger partial charge in [0.15, 0.2) is 0 Å². The molecule has 1 rings (SSSR count). The Hall–Kier alpha value is -1.01. The minimum atomic E-state index is -0.108. The van der Waals surface area contributed by atoms with Crippen LogP contribution in [-0.2, 0) is 4.79 Å². The van der Waals surface area contributed by atoms with Crippen LogP contribution in [-0.4, -0.2) is 18.0 Å². The molecule has 0 aromatic rings. The summed E-state index contributed by atoms with van der Waals surface area (Å²) in [5.41, 5.74) is 5.64. The van der Waals surface area contributed by atoms with Gasteiger partial charge >= 0.3 is 0 Å². The topological polar surface area (TPSA) is 55.1 Å². The average Bonchev–Trinajstić information content (AvgIpc) is 2.74. The fourth-order valence-corrected chi connectivity index (χ4v) is 2.30. The molecule has 3 N–H and O–H groups in total. The molecule has 1 saturated carbocycles. The zero-order valence-corrected chi connectivity index (χ0v) is 9.93. The Morgan fingerprint density at radius 1 is 1.38 bits per heavy atom. The number of nitrogens with one attached hydrogen (secondary N) is 1. The summed E-state index contributed by atoms with van der Waals surface area (Å²) < 4.78 is 0. The van der Waals surface area contributed by atoms with Crippen LogP contribution in [0.5, 0.6) is 0 Å². The lowest BCUT2D eigenvalue weighted by Crippen LogP contribution is -2.51. The zero-order valence-electron chi connectivity index (χ0n) is 9.93. The molecule has 90 valence electrons. The smallest absolute Gasteiger partial charge is 0.220 e. The zero-order chi connectivity index (χ0) is 11.9. The summed E-state index contributed by atoms with van der Waals surface area (Å²) >= 11 is 0. The van der Waals surface area contributed by atoms with Crippen molar-refractivity contribution < 1.29 is 4.79 Å². The molecule has 0 radical (unpaired) electrons. The van der Waals surface area contributed by atoms with Crippen LogP contribution in [0.3, 0.4) is 0 Å². The summed E-state index contributed by atoms with van der Waals surface area (Å²) in [6.07, 6.45) is 12.7. The molecule has 0 aliphatic heterocycles. The highest BCUT2D eigenvalue weighted by molar-refractivity contribution is 5.76. The standard InChI is InChI=1S/C13H22N2O/c1-2-3-4-5-8-12(16)15-13(11-14)9-6-7-10-13/h1H,3-11,14H2,(H,15,16). The molecule has 1 amide bonds. The van der Waals surface area contributed by atoms with Crippen molar-refractivity contribution >= 4 is 5.91 Å². The van der Waals surface area contributed by atoms with E-state index in [1.54, 1.807) is 0 Å². The summed E-state index contributed by atoms with van der Waals surface area (Å²) in [4.78, 5) is 11.7. The van der Waals surface area contributed by atoms with Gasteiger partial charge in [-0.05, 0) is 25.7 Å². The van der Waals surface area contributed by atoms with Crippen molar-refractivity contribution in [1.29, 1.82) is 0 Å². The molecule has 3 nitrogen and oxygen atoms in total. The van der Waals surface area contributed by atoms with Crippen LogP contribution in [0.15, 0.2) is 0 Å². The lowest BCUT2D eigenvalue weighted by atomic mass is 9.97. The number of unbranched alkanes of at least 4 members (excludes halogenated alkanes) is 2. The second-order valence-corrected chi connectivity index (χ2v) is 4.65. The molecule has 0 atom stereocenters. The van der Waals surface area contributed by atoms with Gasteiger partial charge in [-0.15, -0.1) is 12.3 Å². The Morgan fingerprint density at radius 3 is 2.62 bits per heavy atom. The highest BCUT2D eigenvalue weighted by atomic mass is 16.1. The van der Waals surface area contributed by atoms with Gasteiger partial charge in [0.25, 0.3) is 0 Å². The van der Waals surface area contributed by atoms with Crippen molar-refractivity contribution in [3.05, 3.63) is 0 Å². The fraction of sp³-hybridized carbons (Fsp3) is 0.769. The maximum Gasteiger partial charge on any atom is 0.220 e. The molecular weight excluding hydrogens is 200 g/mol. The van der Waals surface area contributed by atoms with Crippen molar-refractivity contribution in [1.82, 2.24) is 5.32 Å². The van der Waals surface area contributed by atoms with Gasteiger partial charge in [0.1, 0.15) is 0 Å². The summed E-state index contributed by atoms with van der Waals surface area (Å²) in [5.74, 6) is 2.71. The largest absolute Gasteiger partial charge is 0.349 e. The third kappa shape index (κ3) is 3.86. The number of nitrogens with two attached hydrogens (primary N) is 1. The Kier molecular flexibility index (Phi) is 5.34. The van der Waals surface area contributed by atoms with Crippen molar-refractivity contribution in [3.8, 4) is 12.3 Å². The first-order valence-electron chi connectivity index (χ1n) is 6.17. The van der Waals surface area contributed by atoms with Crippen LogP contribution in [0.2, 0.25) is 0 Å². The van der Waals surface area contributed by atoms with E-state index in [4.69, 9.17) is 12.2 Å². The highest BCUT2D eigenvalue weighted by Crippen LogP contribution is 2.28. The number of carbonyl (C=O) groups is 1. The third-order valence-corrected chi connectivity index (χ3v) is 3.33. The van der Waals surface area contributed by atoms with E-state index >= 15 is 0 Å². The van der Waals surface area contributed by atoms with Gasteiger partial charge in [0.05, 0.1) is 5.54 Å².